The lowest BCUT2D eigenvalue weighted by molar-refractivity contribution is 0.584. The molecule has 1 aromatic carbocycles. The lowest BCUT2D eigenvalue weighted by Crippen LogP contribution is -2.28. The Morgan fingerprint density at radius 3 is 2.56 bits per heavy atom. The van der Waals surface area contributed by atoms with Crippen LogP contribution in [0.25, 0.3) is 0 Å². The van der Waals surface area contributed by atoms with Gasteiger partial charge in [0.05, 0.1) is 10.6 Å². The summed E-state index contributed by atoms with van der Waals surface area (Å²) < 4.78 is 23.9. The summed E-state index contributed by atoms with van der Waals surface area (Å²) in [4.78, 5) is 0.290. The number of hydrogen-bond donors (Lipinski definition) is 1. The zero-order valence-corrected chi connectivity index (χ0v) is 11.0. The van der Waals surface area contributed by atoms with Crippen molar-refractivity contribution in [1.29, 1.82) is 0 Å². The number of rotatable bonds is 4. The largest absolute Gasteiger partial charge is 0.327 e. The minimum Gasteiger partial charge on any atom is -0.327 e. The summed E-state index contributed by atoms with van der Waals surface area (Å²) in [5, 5.41) is 0.568. The highest BCUT2D eigenvalue weighted by atomic mass is 35.5. The van der Waals surface area contributed by atoms with Gasteiger partial charge in [0.2, 0.25) is 0 Å². The van der Waals surface area contributed by atoms with Crippen LogP contribution in [-0.4, -0.2) is 20.2 Å². The molecule has 0 radical (unpaired) electrons. The number of nitrogens with two attached hydrogens (primary N) is 1. The molecule has 16 heavy (non-hydrogen) atoms. The fraction of sp³-hybridized carbons (Fsp3) is 0.455. The maximum Gasteiger partial charge on any atom is 0.179 e. The highest BCUT2D eigenvalue weighted by Crippen LogP contribution is 2.20. The van der Waals surface area contributed by atoms with Crippen molar-refractivity contribution >= 4 is 21.4 Å². The maximum atomic E-state index is 11.9. The minimum absolute atomic E-state index is 0.0232. The smallest absolute Gasteiger partial charge is 0.179 e. The fourth-order valence-electron chi connectivity index (χ4n) is 1.31. The molecule has 0 aliphatic carbocycles. The van der Waals surface area contributed by atoms with E-state index < -0.39 is 9.84 Å². The second-order valence-electron chi connectivity index (χ2n) is 3.86. The Labute approximate surface area is 102 Å². The molecule has 0 aromatic heterocycles. The topological polar surface area (TPSA) is 60.2 Å². The van der Waals surface area contributed by atoms with E-state index in [4.69, 9.17) is 17.3 Å². The van der Waals surface area contributed by atoms with E-state index in [9.17, 15) is 8.42 Å². The summed E-state index contributed by atoms with van der Waals surface area (Å²) in [7, 11) is -3.29. The van der Waals surface area contributed by atoms with E-state index in [1.807, 2.05) is 6.92 Å². The van der Waals surface area contributed by atoms with Crippen molar-refractivity contribution < 1.29 is 8.42 Å². The summed E-state index contributed by atoms with van der Waals surface area (Å²) in [6.07, 6.45) is 0.645. The number of aryl methyl sites for hydroxylation is 1. The molecule has 0 saturated carbocycles. The molecule has 0 amide bonds. The van der Waals surface area contributed by atoms with Crippen LogP contribution in [0.4, 0.5) is 0 Å². The summed E-state index contributed by atoms with van der Waals surface area (Å²) >= 11 is 5.84. The van der Waals surface area contributed by atoms with Gasteiger partial charge in [-0.1, -0.05) is 18.5 Å². The first-order valence-corrected chi connectivity index (χ1v) is 7.14. The predicted molar refractivity (Wildman–Crippen MR) is 66.5 cm³/mol. The van der Waals surface area contributed by atoms with E-state index in [1.54, 1.807) is 19.1 Å². The Bertz CT molecular complexity index is 471. The summed E-state index contributed by atoms with van der Waals surface area (Å²) in [5.41, 5.74) is 6.42. The molecule has 0 heterocycles. The molecule has 0 aliphatic heterocycles. The molecule has 0 saturated heterocycles. The molecule has 5 heteroatoms. The molecule has 1 unspecified atom stereocenters. The molecular formula is C11H16ClNO2S. The minimum atomic E-state index is -3.29. The van der Waals surface area contributed by atoms with Crippen molar-refractivity contribution in [1.82, 2.24) is 0 Å². The van der Waals surface area contributed by atoms with Crippen LogP contribution >= 0.6 is 11.6 Å². The Kier molecular flexibility index (Phi) is 4.35. The lowest BCUT2D eigenvalue weighted by Gasteiger charge is -2.10. The Balaban J connectivity index is 3.03. The van der Waals surface area contributed by atoms with Crippen molar-refractivity contribution in [2.45, 2.75) is 31.2 Å². The molecule has 2 N–H and O–H groups in total. The molecule has 90 valence electrons. The molecule has 3 nitrogen and oxygen atoms in total. The number of sulfone groups is 1. The van der Waals surface area contributed by atoms with Crippen molar-refractivity contribution in [3.05, 3.63) is 28.8 Å². The summed E-state index contributed by atoms with van der Waals surface area (Å²) in [5.74, 6) is -0.0232. The van der Waals surface area contributed by atoms with Crippen LogP contribution in [0.2, 0.25) is 5.02 Å². The molecule has 0 spiro atoms. The summed E-state index contributed by atoms with van der Waals surface area (Å²) in [6, 6.07) is 4.38. The van der Waals surface area contributed by atoms with Gasteiger partial charge in [-0.25, -0.2) is 8.42 Å². The van der Waals surface area contributed by atoms with E-state index in [0.717, 1.165) is 5.56 Å². The van der Waals surface area contributed by atoms with Crippen LogP contribution in [0.1, 0.15) is 18.9 Å². The molecule has 1 rings (SSSR count). The fourth-order valence-corrected chi connectivity index (χ4v) is 3.05. The third kappa shape index (κ3) is 3.20. The van der Waals surface area contributed by atoms with Crippen LogP contribution in [-0.2, 0) is 9.84 Å². The SMILES string of the molecule is CCC(N)CS(=O)(=O)c1ccc(Cl)c(C)c1. The molecule has 1 aromatic rings. The molecule has 1 atom stereocenters. The normalized spacial score (nSPS) is 13.8. The van der Waals surface area contributed by atoms with E-state index in [-0.39, 0.29) is 11.8 Å². The average Bonchev–Trinajstić information content (AvgIpc) is 2.21. The monoisotopic (exact) mass is 261 g/mol. The first kappa shape index (κ1) is 13.5. The molecule has 0 aliphatic rings. The van der Waals surface area contributed by atoms with Crippen LogP contribution < -0.4 is 5.73 Å². The second kappa shape index (κ2) is 5.17. The zero-order valence-electron chi connectivity index (χ0n) is 9.40. The maximum absolute atomic E-state index is 11.9. The van der Waals surface area contributed by atoms with Gasteiger partial charge < -0.3 is 5.73 Å². The average molecular weight is 262 g/mol. The van der Waals surface area contributed by atoms with Crippen molar-refractivity contribution in [3.63, 3.8) is 0 Å². The van der Waals surface area contributed by atoms with Crippen molar-refractivity contribution in [2.75, 3.05) is 5.75 Å². The van der Waals surface area contributed by atoms with Gasteiger partial charge in [-0.05, 0) is 37.1 Å². The van der Waals surface area contributed by atoms with Crippen molar-refractivity contribution in [3.8, 4) is 0 Å². The van der Waals surface area contributed by atoms with Gasteiger partial charge >= 0.3 is 0 Å². The van der Waals surface area contributed by atoms with Crippen LogP contribution in [0.3, 0.4) is 0 Å². The lowest BCUT2D eigenvalue weighted by atomic mass is 10.2. The predicted octanol–water partition coefficient (Wildman–Crippen LogP) is 2.16. The van der Waals surface area contributed by atoms with Gasteiger partial charge in [0.15, 0.2) is 9.84 Å². The zero-order chi connectivity index (χ0) is 12.3. The third-order valence-corrected chi connectivity index (χ3v) is 4.71. The van der Waals surface area contributed by atoms with Gasteiger partial charge in [-0.3, -0.25) is 0 Å². The first-order chi connectivity index (χ1) is 7.36. The highest BCUT2D eigenvalue weighted by molar-refractivity contribution is 7.91. The quantitative estimate of drug-likeness (QED) is 0.904. The van der Waals surface area contributed by atoms with Gasteiger partial charge in [-0.15, -0.1) is 0 Å². The summed E-state index contributed by atoms with van der Waals surface area (Å²) in [6.45, 7) is 3.65. The number of halogens is 1. The molecule has 0 bridgehead atoms. The molecule has 0 fully saturated rings. The van der Waals surface area contributed by atoms with Gasteiger partial charge in [0, 0.05) is 11.1 Å². The number of benzene rings is 1. The Morgan fingerprint density at radius 1 is 1.44 bits per heavy atom. The standard InChI is InChI=1S/C11H16ClNO2S/c1-3-9(13)7-16(14,15)10-4-5-11(12)8(2)6-10/h4-6,9H,3,7,13H2,1-2H3. The first-order valence-electron chi connectivity index (χ1n) is 5.11. The Morgan fingerprint density at radius 2 is 2.06 bits per heavy atom. The van der Waals surface area contributed by atoms with Gasteiger partial charge in [-0.2, -0.15) is 0 Å². The van der Waals surface area contributed by atoms with E-state index in [0.29, 0.717) is 16.3 Å². The van der Waals surface area contributed by atoms with Crippen molar-refractivity contribution in [2.24, 2.45) is 5.73 Å². The Hall–Kier alpha value is -0.580. The highest BCUT2D eigenvalue weighted by Gasteiger charge is 2.18. The van der Waals surface area contributed by atoms with Gasteiger partial charge in [0.25, 0.3) is 0 Å². The van der Waals surface area contributed by atoms with E-state index >= 15 is 0 Å². The van der Waals surface area contributed by atoms with Gasteiger partial charge in [0.1, 0.15) is 0 Å². The second-order valence-corrected chi connectivity index (χ2v) is 6.30. The van der Waals surface area contributed by atoms with Crippen LogP contribution in [0.5, 0.6) is 0 Å². The molecular weight excluding hydrogens is 246 g/mol. The number of hydrogen-bond acceptors (Lipinski definition) is 3. The van der Waals surface area contributed by atoms with Crippen LogP contribution in [0.15, 0.2) is 23.1 Å². The third-order valence-electron chi connectivity index (χ3n) is 2.45. The van der Waals surface area contributed by atoms with E-state index in [1.165, 1.54) is 6.07 Å². The van der Waals surface area contributed by atoms with E-state index in [2.05, 4.69) is 0 Å². The van der Waals surface area contributed by atoms with Crippen LogP contribution in [0, 0.1) is 6.92 Å².